The van der Waals surface area contributed by atoms with Gasteiger partial charge in [0.1, 0.15) is 0 Å². The first-order valence-corrected chi connectivity index (χ1v) is 10.1. The summed E-state index contributed by atoms with van der Waals surface area (Å²) in [4.78, 5) is 24.4. The lowest BCUT2D eigenvalue weighted by atomic mass is 9.86. The summed E-state index contributed by atoms with van der Waals surface area (Å²) in [5.41, 5.74) is 3.36. The molecule has 142 valence electrons. The van der Waals surface area contributed by atoms with Crippen molar-refractivity contribution in [1.29, 1.82) is 5.26 Å². The monoisotopic (exact) mass is 391 g/mol. The minimum absolute atomic E-state index is 0.108. The number of carbonyl (C=O) groups is 2. The SMILES string of the molecule is CCc1ccc([C@@H]2CC(=O)NC(SCC(=O)Nc3ccccc3)=C2C#N)cc1. The number of hydrogen-bond donors (Lipinski definition) is 2. The lowest BCUT2D eigenvalue weighted by molar-refractivity contribution is -0.121. The lowest BCUT2D eigenvalue weighted by Gasteiger charge is -2.25. The number of aryl methyl sites for hydroxylation is 1. The van der Waals surface area contributed by atoms with Crippen LogP contribution in [0.15, 0.2) is 65.2 Å². The van der Waals surface area contributed by atoms with E-state index < -0.39 is 0 Å². The van der Waals surface area contributed by atoms with Crippen LogP contribution in [0.2, 0.25) is 0 Å². The number of amides is 2. The molecule has 0 fully saturated rings. The van der Waals surface area contributed by atoms with Crippen LogP contribution in [-0.2, 0) is 16.0 Å². The van der Waals surface area contributed by atoms with Crippen LogP contribution in [0.25, 0.3) is 0 Å². The second kappa shape index (κ2) is 9.25. The Kier molecular flexibility index (Phi) is 6.51. The van der Waals surface area contributed by atoms with Crippen molar-refractivity contribution in [2.45, 2.75) is 25.7 Å². The van der Waals surface area contributed by atoms with Crippen molar-refractivity contribution in [3.63, 3.8) is 0 Å². The van der Waals surface area contributed by atoms with Crippen molar-refractivity contribution in [2.75, 3.05) is 11.1 Å². The molecule has 0 bridgehead atoms. The number of nitrogens with one attached hydrogen (secondary N) is 2. The highest BCUT2D eigenvalue weighted by Crippen LogP contribution is 2.36. The molecular formula is C22H21N3O2S. The standard InChI is InChI=1S/C22H21N3O2S/c1-2-15-8-10-16(11-9-15)18-12-20(26)25-22(19(18)13-23)28-14-21(27)24-17-6-4-3-5-7-17/h3-11,18H,2,12,14H2,1H3,(H,24,27)(H,25,26)/t18-/m0/s1. The van der Waals surface area contributed by atoms with Crippen molar-refractivity contribution in [2.24, 2.45) is 0 Å². The van der Waals surface area contributed by atoms with E-state index in [-0.39, 0.29) is 29.9 Å². The van der Waals surface area contributed by atoms with Crippen LogP contribution in [0, 0.1) is 11.3 Å². The van der Waals surface area contributed by atoms with Gasteiger partial charge in [0, 0.05) is 18.0 Å². The summed E-state index contributed by atoms with van der Waals surface area (Å²) in [7, 11) is 0. The van der Waals surface area contributed by atoms with Gasteiger partial charge in [-0.05, 0) is 29.7 Å². The van der Waals surface area contributed by atoms with Crippen LogP contribution < -0.4 is 10.6 Å². The van der Waals surface area contributed by atoms with Gasteiger partial charge in [-0.2, -0.15) is 5.26 Å². The van der Waals surface area contributed by atoms with Crippen molar-refractivity contribution in [3.05, 3.63) is 76.3 Å². The van der Waals surface area contributed by atoms with E-state index in [0.717, 1.165) is 12.0 Å². The van der Waals surface area contributed by atoms with Crippen molar-refractivity contribution >= 4 is 29.3 Å². The highest BCUT2D eigenvalue weighted by Gasteiger charge is 2.29. The molecule has 1 aliphatic heterocycles. The number of allylic oxidation sites excluding steroid dienone is 1. The van der Waals surface area contributed by atoms with E-state index in [1.54, 1.807) is 12.1 Å². The van der Waals surface area contributed by atoms with E-state index in [1.807, 2.05) is 42.5 Å². The summed E-state index contributed by atoms with van der Waals surface area (Å²) >= 11 is 1.18. The molecule has 1 atom stereocenters. The van der Waals surface area contributed by atoms with Crippen LogP contribution in [-0.4, -0.2) is 17.6 Å². The highest BCUT2D eigenvalue weighted by molar-refractivity contribution is 8.03. The molecule has 0 unspecified atom stereocenters. The zero-order valence-electron chi connectivity index (χ0n) is 15.6. The largest absolute Gasteiger partial charge is 0.325 e. The fraction of sp³-hybridized carbons (Fsp3) is 0.227. The van der Waals surface area contributed by atoms with Gasteiger partial charge in [0.15, 0.2) is 0 Å². The summed E-state index contributed by atoms with van der Waals surface area (Å²) in [5, 5.41) is 15.7. The molecule has 1 aliphatic rings. The van der Waals surface area contributed by atoms with E-state index in [4.69, 9.17) is 0 Å². The van der Waals surface area contributed by atoms with Gasteiger partial charge < -0.3 is 10.6 Å². The van der Waals surface area contributed by atoms with Crippen LogP contribution in [0.5, 0.6) is 0 Å². The molecule has 28 heavy (non-hydrogen) atoms. The molecule has 6 heteroatoms. The molecule has 3 rings (SSSR count). The topological polar surface area (TPSA) is 82.0 Å². The van der Waals surface area contributed by atoms with E-state index in [9.17, 15) is 14.9 Å². The van der Waals surface area contributed by atoms with Gasteiger partial charge in [-0.25, -0.2) is 0 Å². The van der Waals surface area contributed by atoms with Crippen molar-refractivity contribution in [1.82, 2.24) is 5.32 Å². The van der Waals surface area contributed by atoms with E-state index in [2.05, 4.69) is 23.6 Å². The summed E-state index contributed by atoms with van der Waals surface area (Å²) in [5.74, 6) is -0.513. The van der Waals surface area contributed by atoms with Gasteiger partial charge >= 0.3 is 0 Å². The lowest BCUT2D eigenvalue weighted by Crippen LogP contribution is -2.31. The van der Waals surface area contributed by atoms with Crippen LogP contribution >= 0.6 is 11.8 Å². The van der Waals surface area contributed by atoms with Crippen LogP contribution in [0.3, 0.4) is 0 Å². The number of hydrogen-bond acceptors (Lipinski definition) is 4. The maximum atomic E-state index is 12.2. The zero-order valence-corrected chi connectivity index (χ0v) is 16.4. The van der Waals surface area contributed by atoms with Crippen LogP contribution in [0.4, 0.5) is 5.69 Å². The van der Waals surface area contributed by atoms with E-state index in [1.165, 1.54) is 17.3 Å². The number of carbonyl (C=O) groups excluding carboxylic acids is 2. The van der Waals surface area contributed by atoms with Gasteiger partial charge in [0.05, 0.1) is 22.4 Å². The van der Waals surface area contributed by atoms with Gasteiger partial charge in [-0.15, -0.1) is 0 Å². The molecule has 2 amide bonds. The molecular weight excluding hydrogens is 370 g/mol. The maximum Gasteiger partial charge on any atom is 0.234 e. The van der Waals surface area contributed by atoms with Gasteiger partial charge in [-0.3, -0.25) is 9.59 Å². The Morgan fingerprint density at radius 3 is 2.57 bits per heavy atom. The number of thioether (sulfide) groups is 1. The van der Waals surface area contributed by atoms with Gasteiger partial charge in [0.2, 0.25) is 11.8 Å². The molecule has 0 saturated heterocycles. The van der Waals surface area contributed by atoms with Crippen molar-refractivity contribution < 1.29 is 9.59 Å². The molecule has 0 spiro atoms. The molecule has 5 nitrogen and oxygen atoms in total. The summed E-state index contributed by atoms with van der Waals surface area (Å²) < 4.78 is 0. The number of nitrogens with zero attached hydrogens (tertiary/aromatic N) is 1. The number of benzene rings is 2. The predicted molar refractivity (Wildman–Crippen MR) is 111 cm³/mol. The number of para-hydroxylation sites is 1. The second-order valence-corrected chi connectivity index (χ2v) is 7.44. The summed E-state index contributed by atoms with van der Waals surface area (Å²) in [6, 6.07) is 19.4. The zero-order chi connectivity index (χ0) is 19.9. The van der Waals surface area contributed by atoms with Gasteiger partial charge in [0.25, 0.3) is 0 Å². The Morgan fingerprint density at radius 2 is 1.93 bits per heavy atom. The average Bonchev–Trinajstić information content (AvgIpc) is 2.72. The highest BCUT2D eigenvalue weighted by atomic mass is 32.2. The Morgan fingerprint density at radius 1 is 1.21 bits per heavy atom. The minimum atomic E-state index is -0.288. The first kappa shape index (κ1) is 19.7. The molecule has 2 N–H and O–H groups in total. The molecule has 0 aliphatic carbocycles. The molecule has 2 aromatic rings. The van der Waals surface area contributed by atoms with Crippen LogP contribution in [0.1, 0.15) is 30.4 Å². The predicted octanol–water partition coefficient (Wildman–Crippen LogP) is 3.96. The fourth-order valence-electron chi connectivity index (χ4n) is 3.06. The quantitative estimate of drug-likeness (QED) is 0.781. The molecule has 0 aromatic heterocycles. The average molecular weight is 391 g/mol. The molecule has 2 aromatic carbocycles. The number of nitriles is 1. The van der Waals surface area contributed by atoms with Crippen molar-refractivity contribution in [3.8, 4) is 6.07 Å². The third-order valence-electron chi connectivity index (χ3n) is 4.55. The maximum absolute atomic E-state index is 12.2. The summed E-state index contributed by atoms with van der Waals surface area (Å²) in [6.45, 7) is 2.08. The number of rotatable bonds is 6. The smallest absolute Gasteiger partial charge is 0.234 e. The third-order valence-corrected chi connectivity index (χ3v) is 5.57. The Hall–Kier alpha value is -3.04. The Bertz CT molecular complexity index is 931. The summed E-state index contributed by atoms with van der Waals surface area (Å²) in [6.07, 6.45) is 1.17. The molecule has 0 saturated carbocycles. The van der Waals surface area contributed by atoms with E-state index in [0.29, 0.717) is 16.3 Å². The first-order valence-electron chi connectivity index (χ1n) is 9.11. The number of anilines is 1. The Balaban J connectivity index is 1.75. The second-order valence-electron chi connectivity index (χ2n) is 6.46. The third kappa shape index (κ3) is 4.81. The van der Waals surface area contributed by atoms with Gasteiger partial charge in [-0.1, -0.05) is 61.2 Å². The Labute approximate surface area is 168 Å². The minimum Gasteiger partial charge on any atom is -0.325 e. The molecule has 1 heterocycles. The molecule has 0 radical (unpaired) electrons. The fourth-order valence-corrected chi connectivity index (χ4v) is 3.94. The normalized spacial score (nSPS) is 16.3. The van der Waals surface area contributed by atoms with E-state index >= 15 is 0 Å². The first-order chi connectivity index (χ1) is 13.6.